The zero-order valence-corrected chi connectivity index (χ0v) is 11.8. The number of sulfonamides is 1. The van der Waals surface area contributed by atoms with Gasteiger partial charge < -0.3 is 0 Å². The number of hydrogen-bond donors (Lipinski definition) is 1. The molecule has 5 heteroatoms. The molecule has 0 heterocycles. The van der Waals surface area contributed by atoms with Crippen molar-refractivity contribution in [2.24, 2.45) is 0 Å². The Hall–Kier alpha value is -0.580. The first kappa shape index (κ1) is 13.8. The molecule has 100 valence electrons. The molecular formula is C13H18ClNO2S. The molecule has 0 saturated carbocycles. The highest BCUT2D eigenvalue weighted by Crippen LogP contribution is 2.34. The summed E-state index contributed by atoms with van der Waals surface area (Å²) in [5.41, 5.74) is 2.62. The van der Waals surface area contributed by atoms with Crippen molar-refractivity contribution in [1.29, 1.82) is 0 Å². The Balaban J connectivity index is 1.79. The first-order valence-electron chi connectivity index (χ1n) is 6.23. The van der Waals surface area contributed by atoms with Gasteiger partial charge in [0.2, 0.25) is 10.0 Å². The third kappa shape index (κ3) is 3.46. The Morgan fingerprint density at radius 1 is 1.28 bits per heavy atom. The van der Waals surface area contributed by atoms with Gasteiger partial charge in [-0.15, -0.1) is 11.6 Å². The lowest BCUT2D eigenvalue weighted by atomic mass is 9.78. The average molecular weight is 288 g/mol. The molecule has 1 aliphatic carbocycles. The third-order valence-electron chi connectivity index (χ3n) is 3.31. The summed E-state index contributed by atoms with van der Waals surface area (Å²) >= 11 is 5.53. The standard InChI is InChI=1S/C13H18ClNO2S/c14-7-3-4-8-18(16,17)15-10-12-9-11-5-1-2-6-13(11)12/h1-2,5-6,12,15H,3-4,7-10H2. The van der Waals surface area contributed by atoms with E-state index in [9.17, 15) is 8.42 Å². The number of halogens is 1. The average Bonchev–Trinajstić information content (AvgIpc) is 2.30. The molecule has 1 atom stereocenters. The number of unbranched alkanes of at least 4 members (excludes halogenated alkanes) is 1. The minimum absolute atomic E-state index is 0.175. The summed E-state index contributed by atoms with van der Waals surface area (Å²) in [6.07, 6.45) is 2.34. The lowest BCUT2D eigenvalue weighted by Crippen LogP contribution is -2.34. The quantitative estimate of drug-likeness (QED) is 0.618. The minimum Gasteiger partial charge on any atom is -0.215 e. The summed E-state index contributed by atoms with van der Waals surface area (Å²) in [6.45, 7) is 0.514. The van der Waals surface area contributed by atoms with E-state index in [4.69, 9.17) is 11.6 Å². The fourth-order valence-corrected chi connectivity index (χ4v) is 3.60. The predicted octanol–water partition coefficient (Wildman–Crippen LogP) is 2.26. The summed E-state index contributed by atoms with van der Waals surface area (Å²) in [5.74, 6) is 1.03. The molecule has 1 N–H and O–H groups in total. The van der Waals surface area contributed by atoms with Crippen LogP contribution in [0.15, 0.2) is 24.3 Å². The molecule has 0 saturated heterocycles. The van der Waals surface area contributed by atoms with Crippen molar-refractivity contribution in [2.45, 2.75) is 25.2 Å². The van der Waals surface area contributed by atoms with Crippen LogP contribution >= 0.6 is 11.6 Å². The second kappa shape index (κ2) is 6.04. The number of benzene rings is 1. The fourth-order valence-electron chi connectivity index (χ4n) is 2.23. The Kier molecular flexibility index (Phi) is 4.65. The van der Waals surface area contributed by atoms with E-state index in [0.29, 0.717) is 24.8 Å². The van der Waals surface area contributed by atoms with E-state index in [0.717, 1.165) is 12.8 Å². The molecule has 1 aliphatic rings. The van der Waals surface area contributed by atoms with Crippen LogP contribution in [0.1, 0.15) is 29.9 Å². The number of hydrogen-bond acceptors (Lipinski definition) is 2. The van der Waals surface area contributed by atoms with Crippen molar-refractivity contribution >= 4 is 21.6 Å². The van der Waals surface area contributed by atoms with E-state index in [1.807, 2.05) is 12.1 Å². The van der Waals surface area contributed by atoms with Gasteiger partial charge in [0.05, 0.1) is 5.75 Å². The predicted molar refractivity (Wildman–Crippen MR) is 74.6 cm³/mol. The van der Waals surface area contributed by atoms with Crippen molar-refractivity contribution in [3.8, 4) is 0 Å². The highest BCUT2D eigenvalue weighted by atomic mass is 35.5. The lowest BCUT2D eigenvalue weighted by Gasteiger charge is -2.30. The third-order valence-corrected chi connectivity index (χ3v) is 5.01. The van der Waals surface area contributed by atoms with Gasteiger partial charge in [0.25, 0.3) is 0 Å². The van der Waals surface area contributed by atoms with Crippen LogP contribution in [-0.4, -0.2) is 26.6 Å². The topological polar surface area (TPSA) is 46.2 Å². The number of alkyl halides is 1. The van der Waals surface area contributed by atoms with Gasteiger partial charge >= 0.3 is 0 Å². The summed E-state index contributed by atoms with van der Waals surface area (Å²) in [6, 6.07) is 8.19. The van der Waals surface area contributed by atoms with Gasteiger partial charge in [-0.1, -0.05) is 24.3 Å². The minimum atomic E-state index is -3.14. The molecule has 0 amide bonds. The van der Waals surface area contributed by atoms with Crippen molar-refractivity contribution < 1.29 is 8.42 Å². The van der Waals surface area contributed by atoms with Crippen LogP contribution in [0.5, 0.6) is 0 Å². The maximum absolute atomic E-state index is 11.7. The SMILES string of the molecule is O=S(=O)(CCCCCl)NCC1Cc2ccccc21. The van der Waals surface area contributed by atoms with Gasteiger partial charge in [-0.2, -0.15) is 0 Å². The van der Waals surface area contributed by atoms with Crippen LogP contribution in [0, 0.1) is 0 Å². The van der Waals surface area contributed by atoms with Gasteiger partial charge in [-0.05, 0) is 30.4 Å². The van der Waals surface area contributed by atoms with Crippen molar-refractivity contribution in [1.82, 2.24) is 4.72 Å². The van der Waals surface area contributed by atoms with Crippen LogP contribution in [0.2, 0.25) is 0 Å². The molecule has 1 aromatic carbocycles. The molecule has 0 aliphatic heterocycles. The number of rotatable bonds is 7. The maximum atomic E-state index is 11.7. The molecule has 1 aromatic rings. The van der Waals surface area contributed by atoms with Gasteiger partial charge in [0.1, 0.15) is 0 Å². The molecule has 2 rings (SSSR count). The van der Waals surface area contributed by atoms with E-state index in [2.05, 4.69) is 16.9 Å². The monoisotopic (exact) mass is 287 g/mol. The second-order valence-electron chi connectivity index (χ2n) is 4.66. The van der Waals surface area contributed by atoms with Crippen LogP contribution in [0.3, 0.4) is 0 Å². The zero-order valence-electron chi connectivity index (χ0n) is 10.2. The molecule has 0 radical (unpaired) electrons. The number of nitrogens with one attached hydrogen (secondary N) is 1. The van der Waals surface area contributed by atoms with E-state index in [1.165, 1.54) is 11.1 Å². The smallest absolute Gasteiger partial charge is 0.211 e. The first-order chi connectivity index (χ1) is 8.62. The normalized spacial score (nSPS) is 18.2. The van der Waals surface area contributed by atoms with Gasteiger partial charge in [-0.25, -0.2) is 13.1 Å². The molecule has 1 unspecified atom stereocenters. The first-order valence-corrected chi connectivity index (χ1v) is 8.42. The van der Waals surface area contributed by atoms with E-state index in [-0.39, 0.29) is 5.75 Å². The Bertz CT molecular complexity index is 501. The van der Waals surface area contributed by atoms with Crippen molar-refractivity contribution in [3.63, 3.8) is 0 Å². The van der Waals surface area contributed by atoms with Crippen LogP contribution in [-0.2, 0) is 16.4 Å². The Morgan fingerprint density at radius 3 is 2.78 bits per heavy atom. The van der Waals surface area contributed by atoms with Gasteiger partial charge in [-0.3, -0.25) is 0 Å². The fraction of sp³-hybridized carbons (Fsp3) is 0.538. The van der Waals surface area contributed by atoms with Gasteiger partial charge in [0.15, 0.2) is 0 Å². The largest absolute Gasteiger partial charge is 0.215 e. The van der Waals surface area contributed by atoms with E-state index >= 15 is 0 Å². The molecule has 0 fully saturated rings. The van der Waals surface area contributed by atoms with Crippen LogP contribution in [0.4, 0.5) is 0 Å². The second-order valence-corrected chi connectivity index (χ2v) is 6.97. The molecule has 0 spiro atoms. The highest BCUT2D eigenvalue weighted by Gasteiger charge is 2.26. The molecule has 0 aromatic heterocycles. The van der Waals surface area contributed by atoms with E-state index in [1.54, 1.807) is 0 Å². The van der Waals surface area contributed by atoms with Crippen molar-refractivity contribution in [3.05, 3.63) is 35.4 Å². The highest BCUT2D eigenvalue weighted by molar-refractivity contribution is 7.89. The molecule has 0 bridgehead atoms. The summed E-state index contributed by atoms with van der Waals surface area (Å²) in [7, 11) is -3.14. The summed E-state index contributed by atoms with van der Waals surface area (Å²) in [4.78, 5) is 0. The lowest BCUT2D eigenvalue weighted by molar-refractivity contribution is 0.550. The molecule has 18 heavy (non-hydrogen) atoms. The van der Waals surface area contributed by atoms with Crippen molar-refractivity contribution in [2.75, 3.05) is 18.2 Å². The molecule has 3 nitrogen and oxygen atoms in total. The number of fused-ring (bicyclic) bond motifs is 1. The van der Waals surface area contributed by atoms with Gasteiger partial charge in [0, 0.05) is 18.3 Å². The summed E-state index contributed by atoms with van der Waals surface area (Å²) < 4.78 is 26.1. The maximum Gasteiger partial charge on any atom is 0.211 e. The van der Waals surface area contributed by atoms with Crippen LogP contribution in [0.25, 0.3) is 0 Å². The molecular weight excluding hydrogens is 270 g/mol. The van der Waals surface area contributed by atoms with E-state index < -0.39 is 10.0 Å². The van der Waals surface area contributed by atoms with Crippen LogP contribution < -0.4 is 4.72 Å². The summed E-state index contributed by atoms with van der Waals surface area (Å²) in [5, 5.41) is 0. The zero-order chi connectivity index (χ0) is 13.0. The Labute approximate surface area is 114 Å². The Morgan fingerprint density at radius 2 is 2.06 bits per heavy atom.